The molecule has 116 valence electrons. The van der Waals surface area contributed by atoms with Crippen molar-refractivity contribution in [3.63, 3.8) is 0 Å². The highest BCUT2D eigenvalue weighted by Crippen LogP contribution is 2.30. The van der Waals surface area contributed by atoms with Gasteiger partial charge in [-0.15, -0.1) is 0 Å². The van der Waals surface area contributed by atoms with Gasteiger partial charge in [0.2, 0.25) is 5.91 Å². The van der Waals surface area contributed by atoms with Crippen LogP contribution in [0.1, 0.15) is 52.0 Å². The smallest absolute Gasteiger partial charge is 0.236 e. The Bertz CT molecular complexity index is 486. The average Bonchev–Trinajstić information content (AvgIpc) is 2.47. The van der Waals surface area contributed by atoms with Gasteiger partial charge in [-0.3, -0.25) is 10.2 Å². The summed E-state index contributed by atoms with van der Waals surface area (Å²) < 4.78 is 6.09. The van der Waals surface area contributed by atoms with Crippen LogP contribution in [-0.4, -0.2) is 12.0 Å². The number of carbonyl (C=O) groups is 1. The minimum atomic E-state index is -0.0526. The number of carbonyl (C=O) groups excluding carboxylic acids is 1. The number of hydrazine groups is 1. The second kappa shape index (κ2) is 6.48. The van der Waals surface area contributed by atoms with Crippen molar-refractivity contribution in [2.45, 2.75) is 58.0 Å². The Morgan fingerprint density at radius 2 is 1.90 bits per heavy atom. The molecule has 0 aromatic heterocycles. The van der Waals surface area contributed by atoms with Gasteiger partial charge in [0.05, 0.1) is 6.10 Å². The van der Waals surface area contributed by atoms with Crippen LogP contribution < -0.4 is 16.0 Å². The van der Waals surface area contributed by atoms with E-state index in [4.69, 9.17) is 10.6 Å². The van der Waals surface area contributed by atoms with E-state index >= 15 is 0 Å². The second-order valence-corrected chi connectivity index (χ2v) is 6.88. The van der Waals surface area contributed by atoms with E-state index in [2.05, 4.69) is 38.3 Å². The van der Waals surface area contributed by atoms with Crippen LogP contribution in [0, 0.1) is 5.92 Å². The molecule has 1 aliphatic carbocycles. The maximum atomic E-state index is 11.5. The highest BCUT2D eigenvalue weighted by atomic mass is 16.5. The van der Waals surface area contributed by atoms with Gasteiger partial charge < -0.3 is 4.74 Å². The minimum absolute atomic E-state index is 0.0377. The SMILES string of the molecule is CC(C)(C)c1cccc(O[C@H]2CC[C@H](C(=O)NN)CC2)c1. The summed E-state index contributed by atoms with van der Waals surface area (Å²) in [7, 11) is 0. The number of nitrogens with two attached hydrogens (primary N) is 1. The van der Waals surface area contributed by atoms with Crippen LogP contribution in [0.5, 0.6) is 5.75 Å². The van der Waals surface area contributed by atoms with Gasteiger partial charge in [-0.2, -0.15) is 0 Å². The monoisotopic (exact) mass is 290 g/mol. The summed E-state index contributed by atoms with van der Waals surface area (Å²) in [5.74, 6) is 6.10. The lowest BCUT2D eigenvalue weighted by Gasteiger charge is -2.28. The number of ether oxygens (including phenoxy) is 1. The van der Waals surface area contributed by atoms with Crippen molar-refractivity contribution in [1.82, 2.24) is 5.43 Å². The molecule has 0 saturated heterocycles. The van der Waals surface area contributed by atoms with Crippen LogP contribution in [0.3, 0.4) is 0 Å². The standard InChI is InChI=1S/C17H26N2O2/c1-17(2,3)13-5-4-6-15(11-13)21-14-9-7-12(8-10-14)16(20)19-18/h4-6,11-12,14H,7-10,18H2,1-3H3,(H,19,20)/t12-,14-. The molecule has 0 heterocycles. The molecule has 21 heavy (non-hydrogen) atoms. The lowest BCUT2D eigenvalue weighted by atomic mass is 9.86. The van der Waals surface area contributed by atoms with Crippen molar-refractivity contribution in [3.8, 4) is 5.75 Å². The topological polar surface area (TPSA) is 64.3 Å². The normalized spacial score (nSPS) is 22.7. The Morgan fingerprint density at radius 1 is 1.24 bits per heavy atom. The molecule has 2 rings (SSSR count). The molecule has 0 bridgehead atoms. The van der Waals surface area contributed by atoms with Gasteiger partial charge in [0.1, 0.15) is 5.75 Å². The predicted octanol–water partition coefficient (Wildman–Crippen LogP) is 2.91. The molecule has 1 saturated carbocycles. The summed E-state index contributed by atoms with van der Waals surface area (Å²) in [6.45, 7) is 6.59. The summed E-state index contributed by atoms with van der Waals surface area (Å²) in [5, 5.41) is 0. The lowest BCUT2D eigenvalue weighted by Crippen LogP contribution is -2.38. The number of nitrogens with one attached hydrogen (secondary N) is 1. The molecule has 0 unspecified atom stereocenters. The maximum Gasteiger partial charge on any atom is 0.236 e. The molecule has 0 radical (unpaired) electrons. The quantitative estimate of drug-likeness (QED) is 0.511. The molecular formula is C17H26N2O2. The zero-order chi connectivity index (χ0) is 15.5. The van der Waals surface area contributed by atoms with Crippen LogP contribution in [-0.2, 0) is 10.2 Å². The fourth-order valence-electron chi connectivity index (χ4n) is 2.79. The number of amides is 1. The third kappa shape index (κ3) is 4.21. The van der Waals surface area contributed by atoms with Crippen molar-refractivity contribution < 1.29 is 9.53 Å². The first-order chi connectivity index (χ1) is 9.90. The third-order valence-electron chi connectivity index (χ3n) is 4.19. The van der Waals surface area contributed by atoms with Crippen molar-refractivity contribution in [1.29, 1.82) is 0 Å². The van der Waals surface area contributed by atoms with E-state index in [1.807, 2.05) is 12.1 Å². The minimum Gasteiger partial charge on any atom is -0.490 e. The molecule has 1 amide bonds. The largest absolute Gasteiger partial charge is 0.490 e. The van der Waals surface area contributed by atoms with Crippen LogP contribution in [0.4, 0.5) is 0 Å². The first-order valence-corrected chi connectivity index (χ1v) is 7.68. The summed E-state index contributed by atoms with van der Waals surface area (Å²) in [5.41, 5.74) is 3.64. The number of hydrogen-bond acceptors (Lipinski definition) is 3. The van der Waals surface area contributed by atoms with E-state index in [9.17, 15) is 4.79 Å². The van der Waals surface area contributed by atoms with E-state index in [-0.39, 0.29) is 23.3 Å². The van der Waals surface area contributed by atoms with Gasteiger partial charge in [-0.25, -0.2) is 5.84 Å². The lowest BCUT2D eigenvalue weighted by molar-refractivity contribution is -0.126. The molecule has 0 aliphatic heterocycles. The summed E-state index contributed by atoms with van der Waals surface area (Å²) in [6, 6.07) is 8.31. The Hall–Kier alpha value is -1.55. The fourth-order valence-corrected chi connectivity index (χ4v) is 2.79. The summed E-state index contributed by atoms with van der Waals surface area (Å²) in [6.07, 6.45) is 3.68. The molecule has 1 aromatic carbocycles. The Balaban J connectivity index is 1.93. The molecular weight excluding hydrogens is 264 g/mol. The zero-order valence-electron chi connectivity index (χ0n) is 13.2. The van der Waals surface area contributed by atoms with E-state index < -0.39 is 0 Å². The van der Waals surface area contributed by atoms with E-state index in [1.165, 1.54) is 5.56 Å². The Kier molecular flexibility index (Phi) is 4.88. The first-order valence-electron chi connectivity index (χ1n) is 7.68. The highest BCUT2D eigenvalue weighted by Gasteiger charge is 2.27. The molecule has 4 nitrogen and oxygen atoms in total. The molecule has 4 heteroatoms. The molecule has 1 aromatic rings. The molecule has 0 spiro atoms. The zero-order valence-corrected chi connectivity index (χ0v) is 13.2. The summed E-state index contributed by atoms with van der Waals surface area (Å²) in [4.78, 5) is 11.5. The van der Waals surface area contributed by atoms with E-state index in [0.717, 1.165) is 31.4 Å². The van der Waals surface area contributed by atoms with Gasteiger partial charge in [0, 0.05) is 5.92 Å². The number of benzene rings is 1. The molecule has 1 aliphatic rings. The van der Waals surface area contributed by atoms with Crippen LogP contribution in [0.15, 0.2) is 24.3 Å². The van der Waals surface area contributed by atoms with Crippen molar-refractivity contribution >= 4 is 5.91 Å². The third-order valence-corrected chi connectivity index (χ3v) is 4.19. The van der Waals surface area contributed by atoms with Crippen molar-refractivity contribution in [3.05, 3.63) is 29.8 Å². The first kappa shape index (κ1) is 15.8. The van der Waals surface area contributed by atoms with Crippen LogP contribution in [0.25, 0.3) is 0 Å². The highest BCUT2D eigenvalue weighted by molar-refractivity contribution is 5.78. The van der Waals surface area contributed by atoms with Crippen molar-refractivity contribution in [2.24, 2.45) is 11.8 Å². The van der Waals surface area contributed by atoms with Crippen molar-refractivity contribution in [2.75, 3.05) is 0 Å². The maximum absolute atomic E-state index is 11.5. The molecule has 1 fully saturated rings. The van der Waals surface area contributed by atoms with Crippen LogP contribution in [0.2, 0.25) is 0 Å². The molecule has 3 N–H and O–H groups in total. The van der Waals surface area contributed by atoms with Gasteiger partial charge >= 0.3 is 0 Å². The van der Waals surface area contributed by atoms with Gasteiger partial charge in [-0.1, -0.05) is 32.9 Å². The van der Waals surface area contributed by atoms with Crippen LogP contribution >= 0.6 is 0 Å². The predicted molar refractivity (Wildman–Crippen MR) is 83.8 cm³/mol. The summed E-state index contributed by atoms with van der Waals surface area (Å²) >= 11 is 0. The van der Waals surface area contributed by atoms with Gasteiger partial charge in [-0.05, 0) is 48.8 Å². The fraction of sp³-hybridized carbons (Fsp3) is 0.588. The van der Waals surface area contributed by atoms with E-state index in [1.54, 1.807) is 0 Å². The average molecular weight is 290 g/mol. The number of hydrogen-bond donors (Lipinski definition) is 2. The Morgan fingerprint density at radius 3 is 2.48 bits per heavy atom. The van der Waals surface area contributed by atoms with E-state index in [0.29, 0.717) is 0 Å². The number of rotatable bonds is 3. The van der Waals surface area contributed by atoms with Gasteiger partial charge in [0.15, 0.2) is 0 Å². The second-order valence-electron chi connectivity index (χ2n) is 6.88. The van der Waals surface area contributed by atoms with Gasteiger partial charge in [0.25, 0.3) is 0 Å². The molecule has 0 atom stereocenters. The Labute approximate surface area is 127 Å².